The number of likely N-dealkylation sites (tertiary alicyclic amines) is 1. The summed E-state index contributed by atoms with van der Waals surface area (Å²) in [5, 5.41) is 0. The van der Waals surface area contributed by atoms with E-state index in [1.807, 2.05) is 24.0 Å². The second kappa shape index (κ2) is 5.27. The number of pyridine rings is 1. The lowest BCUT2D eigenvalue weighted by Gasteiger charge is -2.31. The van der Waals surface area contributed by atoms with Gasteiger partial charge in [-0.2, -0.15) is 0 Å². The fraction of sp³-hybridized carbons (Fsp3) is 0.538. The molecule has 4 heteroatoms. The number of hydrogen-bond acceptors (Lipinski definition) is 3. The van der Waals surface area contributed by atoms with Crippen LogP contribution in [0, 0.1) is 6.92 Å². The Morgan fingerprint density at radius 1 is 1.41 bits per heavy atom. The van der Waals surface area contributed by atoms with Crippen LogP contribution in [0.4, 0.5) is 0 Å². The molecule has 4 nitrogen and oxygen atoms in total. The highest BCUT2D eigenvalue weighted by atomic mass is 16.5. The van der Waals surface area contributed by atoms with Gasteiger partial charge >= 0.3 is 0 Å². The number of carbonyl (C=O) groups is 1. The van der Waals surface area contributed by atoms with Gasteiger partial charge in [0.1, 0.15) is 0 Å². The van der Waals surface area contributed by atoms with Crippen molar-refractivity contribution in [1.82, 2.24) is 9.88 Å². The Labute approximate surface area is 102 Å². The first-order chi connectivity index (χ1) is 8.20. The topological polar surface area (TPSA) is 42.4 Å². The van der Waals surface area contributed by atoms with E-state index in [1.165, 1.54) is 0 Å². The molecule has 0 N–H and O–H groups in total. The zero-order valence-corrected chi connectivity index (χ0v) is 10.3. The van der Waals surface area contributed by atoms with Crippen molar-refractivity contribution < 1.29 is 9.53 Å². The Morgan fingerprint density at radius 3 is 2.65 bits per heavy atom. The summed E-state index contributed by atoms with van der Waals surface area (Å²) >= 11 is 0. The van der Waals surface area contributed by atoms with E-state index >= 15 is 0 Å². The van der Waals surface area contributed by atoms with E-state index < -0.39 is 0 Å². The number of aromatic nitrogens is 1. The molecule has 1 aromatic rings. The van der Waals surface area contributed by atoms with Gasteiger partial charge < -0.3 is 9.64 Å². The van der Waals surface area contributed by atoms with Gasteiger partial charge in [-0.15, -0.1) is 0 Å². The third-order valence-corrected chi connectivity index (χ3v) is 3.22. The molecule has 0 atom stereocenters. The van der Waals surface area contributed by atoms with E-state index in [4.69, 9.17) is 4.74 Å². The Hall–Kier alpha value is -1.42. The fourth-order valence-corrected chi connectivity index (χ4v) is 2.07. The van der Waals surface area contributed by atoms with E-state index in [0.29, 0.717) is 11.7 Å². The lowest BCUT2D eigenvalue weighted by Crippen LogP contribution is -2.40. The van der Waals surface area contributed by atoms with Crippen molar-refractivity contribution in [1.29, 1.82) is 0 Å². The summed E-state index contributed by atoms with van der Waals surface area (Å²) < 4.78 is 5.29. The van der Waals surface area contributed by atoms with Gasteiger partial charge in [-0.25, -0.2) is 0 Å². The summed E-state index contributed by atoms with van der Waals surface area (Å²) in [6, 6.07) is 3.71. The number of nitrogens with zero attached hydrogens (tertiary/aromatic N) is 2. The van der Waals surface area contributed by atoms with Crippen LogP contribution in [0.15, 0.2) is 18.3 Å². The first kappa shape index (κ1) is 12.0. The normalized spacial score (nSPS) is 17.2. The quantitative estimate of drug-likeness (QED) is 0.781. The first-order valence-corrected chi connectivity index (χ1v) is 5.95. The minimum atomic E-state index is 0.0760. The molecule has 2 rings (SSSR count). The smallest absolute Gasteiger partial charge is 0.255 e. The molecule has 1 aromatic heterocycles. The van der Waals surface area contributed by atoms with Crippen molar-refractivity contribution in [2.24, 2.45) is 0 Å². The molecule has 92 valence electrons. The molecule has 0 aromatic carbocycles. The van der Waals surface area contributed by atoms with Crippen molar-refractivity contribution in [2.75, 3.05) is 20.2 Å². The number of amides is 1. The van der Waals surface area contributed by atoms with Crippen LogP contribution in [-0.2, 0) is 4.74 Å². The van der Waals surface area contributed by atoms with Crippen molar-refractivity contribution in [2.45, 2.75) is 25.9 Å². The summed E-state index contributed by atoms with van der Waals surface area (Å²) in [5.41, 5.74) is 1.60. The molecular weight excluding hydrogens is 216 g/mol. The third kappa shape index (κ3) is 2.82. The van der Waals surface area contributed by atoms with Crippen LogP contribution in [0.25, 0.3) is 0 Å². The molecule has 0 unspecified atom stereocenters. The predicted molar refractivity (Wildman–Crippen MR) is 64.9 cm³/mol. The zero-order valence-electron chi connectivity index (χ0n) is 10.3. The van der Waals surface area contributed by atoms with Gasteiger partial charge in [0.05, 0.1) is 11.7 Å². The molecule has 0 spiro atoms. The number of rotatable bonds is 2. The number of ether oxygens (including phenoxy) is 1. The molecule has 1 amide bonds. The van der Waals surface area contributed by atoms with Crippen LogP contribution in [0.1, 0.15) is 28.9 Å². The minimum absolute atomic E-state index is 0.0760. The van der Waals surface area contributed by atoms with Crippen LogP contribution in [0.5, 0.6) is 0 Å². The van der Waals surface area contributed by atoms with Crippen molar-refractivity contribution in [3.05, 3.63) is 29.6 Å². The van der Waals surface area contributed by atoms with Gasteiger partial charge in [-0.1, -0.05) is 0 Å². The number of methoxy groups -OCH3 is 1. The summed E-state index contributed by atoms with van der Waals surface area (Å²) in [4.78, 5) is 18.2. The van der Waals surface area contributed by atoms with Gasteiger partial charge in [0.2, 0.25) is 0 Å². The van der Waals surface area contributed by atoms with Gasteiger partial charge in [0.15, 0.2) is 0 Å². The standard InChI is InChI=1S/C13H18N2O2/c1-10-3-4-11(9-14-10)13(16)15-7-5-12(17-2)6-8-15/h3-4,9,12H,5-8H2,1-2H3. The molecule has 1 aliphatic rings. The van der Waals surface area contributed by atoms with Crippen molar-refractivity contribution in [3.8, 4) is 0 Å². The second-order valence-electron chi connectivity index (χ2n) is 4.42. The Balaban J connectivity index is 1.99. The van der Waals surface area contributed by atoms with Crippen LogP contribution in [0.3, 0.4) is 0 Å². The van der Waals surface area contributed by atoms with E-state index in [2.05, 4.69) is 4.98 Å². The average Bonchev–Trinajstić information content (AvgIpc) is 2.39. The molecule has 2 heterocycles. The lowest BCUT2D eigenvalue weighted by molar-refractivity contribution is 0.0350. The number of hydrogen-bond donors (Lipinski definition) is 0. The maximum atomic E-state index is 12.2. The molecule has 0 saturated carbocycles. The molecule has 1 fully saturated rings. The van der Waals surface area contributed by atoms with Crippen LogP contribution < -0.4 is 0 Å². The van der Waals surface area contributed by atoms with Crippen molar-refractivity contribution in [3.63, 3.8) is 0 Å². The highest BCUT2D eigenvalue weighted by Crippen LogP contribution is 2.15. The Kier molecular flexibility index (Phi) is 3.74. The summed E-state index contributed by atoms with van der Waals surface area (Å²) in [5.74, 6) is 0.0760. The Bertz CT molecular complexity index is 381. The Morgan fingerprint density at radius 2 is 2.12 bits per heavy atom. The van der Waals surface area contributed by atoms with Gasteiger partial charge in [0, 0.05) is 32.1 Å². The SMILES string of the molecule is COC1CCN(C(=O)c2ccc(C)nc2)CC1. The maximum absolute atomic E-state index is 12.2. The molecule has 1 saturated heterocycles. The lowest BCUT2D eigenvalue weighted by atomic mass is 10.1. The molecular formula is C13H18N2O2. The first-order valence-electron chi connectivity index (χ1n) is 5.95. The van der Waals surface area contributed by atoms with Crippen LogP contribution >= 0.6 is 0 Å². The highest BCUT2D eigenvalue weighted by molar-refractivity contribution is 5.93. The molecule has 1 aliphatic heterocycles. The summed E-state index contributed by atoms with van der Waals surface area (Å²) in [7, 11) is 1.73. The molecule has 17 heavy (non-hydrogen) atoms. The predicted octanol–water partition coefficient (Wildman–Crippen LogP) is 1.64. The van der Waals surface area contributed by atoms with Gasteiger partial charge in [0.25, 0.3) is 5.91 Å². The molecule has 0 aliphatic carbocycles. The highest BCUT2D eigenvalue weighted by Gasteiger charge is 2.23. The van der Waals surface area contributed by atoms with E-state index in [9.17, 15) is 4.79 Å². The fourth-order valence-electron chi connectivity index (χ4n) is 2.07. The number of carbonyl (C=O) groups excluding carboxylic acids is 1. The van der Waals surface area contributed by atoms with Gasteiger partial charge in [-0.05, 0) is 31.9 Å². The maximum Gasteiger partial charge on any atom is 0.255 e. The van der Waals surface area contributed by atoms with Crippen LogP contribution in [-0.4, -0.2) is 42.1 Å². The van der Waals surface area contributed by atoms with Crippen molar-refractivity contribution >= 4 is 5.91 Å². The third-order valence-electron chi connectivity index (χ3n) is 3.22. The number of piperidine rings is 1. The van der Waals surface area contributed by atoms with E-state index in [0.717, 1.165) is 31.6 Å². The van der Waals surface area contributed by atoms with E-state index in [-0.39, 0.29) is 5.91 Å². The van der Waals surface area contributed by atoms with Gasteiger partial charge in [-0.3, -0.25) is 9.78 Å². The molecule has 0 bridgehead atoms. The second-order valence-corrected chi connectivity index (χ2v) is 4.42. The number of aryl methyl sites for hydroxylation is 1. The summed E-state index contributed by atoms with van der Waals surface area (Å²) in [6.45, 7) is 3.45. The van der Waals surface area contributed by atoms with Crippen LogP contribution in [0.2, 0.25) is 0 Å². The van der Waals surface area contributed by atoms with E-state index in [1.54, 1.807) is 13.3 Å². The summed E-state index contributed by atoms with van der Waals surface area (Å²) in [6.07, 6.45) is 3.79. The molecule has 0 radical (unpaired) electrons. The zero-order chi connectivity index (χ0) is 12.3. The average molecular weight is 234 g/mol. The largest absolute Gasteiger partial charge is 0.381 e. The minimum Gasteiger partial charge on any atom is -0.381 e. The monoisotopic (exact) mass is 234 g/mol.